The van der Waals surface area contributed by atoms with Gasteiger partial charge >= 0.3 is 0 Å². The molecule has 1 atom stereocenters. The number of nitrogens with zero attached hydrogens (tertiary/aromatic N) is 3. The summed E-state index contributed by atoms with van der Waals surface area (Å²) in [6, 6.07) is 11.2. The molecule has 3 rings (SSSR count). The molecule has 154 valence electrons. The molecule has 7 heteroatoms. The second kappa shape index (κ2) is 11.7. The fourth-order valence-electron chi connectivity index (χ4n) is 3.47. The van der Waals surface area contributed by atoms with Crippen molar-refractivity contribution in [2.24, 2.45) is 4.99 Å². The van der Waals surface area contributed by atoms with Crippen LogP contribution in [-0.2, 0) is 6.54 Å². The number of aryl methyl sites for hydroxylation is 2. The van der Waals surface area contributed by atoms with Gasteiger partial charge in [-0.1, -0.05) is 30.3 Å². The Bertz CT molecular complexity index is 721. The first-order chi connectivity index (χ1) is 13.2. The van der Waals surface area contributed by atoms with Crippen molar-refractivity contribution in [3.8, 4) is 0 Å². The van der Waals surface area contributed by atoms with Crippen LogP contribution in [0.25, 0.3) is 0 Å². The van der Waals surface area contributed by atoms with Crippen molar-refractivity contribution in [1.29, 1.82) is 0 Å². The Hall–Kier alpha value is -1.19. The Balaban J connectivity index is 0.00000280. The van der Waals surface area contributed by atoms with Crippen molar-refractivity contribution < 1.29 is 0 Å². The van der Waals surface area contributed by atoms with E-state index >= 15 is 0 Å². The molecule has 0 amide bonds. The molecule has 0 spiro atoms. The van der Waals surface area contributed by atoms with Crippen LogP contribution in [0.4, 0.5) is 0 Å². The predicted molar refractivity (Wildman–Crippen MR) is 130 cm³/mol. The van der Waals surface area contributed by atoms with Gasteiger partial charge in [0.1, 0.15) is 5.01 Å². The third-order valence-corrected chi connectivity index (χ3v) is 6.08. The summed E-state index contributed by atoms with van der Waals surface area (Å²) < 4.78 is 0. The van der Waals surface area contributed by atoms with Gasteiger partial charge in [0.25, 0.3) is 0 Å². The van der Waals surface area contributed by atoms with Gasteiger partial charge in [0.05, 0.1) is 18.3 Å². The molecule has 1 aromatic carbocycles. The normalized spacial score (nSPS) is 15.9. The van der Waals surface area contributed by atoms with Crippen LogP contribution in [0, 0.1) is 13.8 Å². The largest absolute Gasteiger partial charge is 0.357 e. The number of hydrogen-bond donors (Lipinski definition) is 2. The van der Waals surface area contributed by atoms with Crippen molar-refractivity contribution in [3.63, 3.8) is 0 Å². The van der Waals surface area contributed by atoms with Gasteiger partial charge in [-0.05, 0) is 52.3 Å². The molecule has 28 heavy (non-hydrogen) atoms. The molecule has 1 fully saturated rings. The van der Waals surface area contributed by atoms with Crippen LogP contribution in [0.3, 0.4) is 0 Å². The van der Waals surface area contributed by atoms with E-state index in [1.54, 1.807) is 11.3 Å². The second-order valence-electron chi connectivity index (χ2n) is 6.99. The molecule has 5 nitrogen and oxygen atoms in total. The van der Waals surface area contributed by atoms with Crippen LogP contribution in [0.15, 0.2) is 35.3 Å². The second-order valence-corrected chi connectivity index (χ2v) is 8.28. The van der Waals surface area contributed by atoms with E-state index < -0.39 is 0 Å². The first-order valence-corrected chi connectivity index (χ1v) is 10.7. The Kier molecular flexibility index (Phi) is 9.67. The molecule has 2 aromatic rings. The number of hydrogen-bond acceptors (Lipinski definition) is 4. The number of guanidine groups is 1. The van der Waals surface area contributed by atoms with Crippen molar-refractivity contribution in [3.05, 3.63) is 51.5 Å². The van der Waals surface area contributed by atoms with Gasteiger partial charge in [-0.25, -0.2) is 9.98 Å². The van der Waals surface area contributed by atoms with Crippen LogP contribution < -0.4 is 10.6 Å². The Labute approximate surface area is 190 Å². The van der Waals surface area contributed by atoms with E-state index in [9.17, 15) is 0 Å². The van der Waals surface area contributed by atoms with Crippen molar-refractivity contribution in [2.75, 3.05) is 26.2 Å². The van der Waals surface area contributed by atoms with Gasteiger partial charge in [0.15, 0.2) is 5.96 Å². The molecular weight excluding hydrogens is 481 g/mol. The number of aromatic nitrogens is 1. The third kappa shape index (κ3) is 6.42. The molecule has 0 saturated carbocycles. The average Bonchev–Trinajstić information content (AvgIpc) is 3.31. The maximum Gasteiger partial charge on any atom is 0.191 e. The standard InChI is InChI=1S/C21H31N5S.HI/c1-4-22-21(24-15-20-25-16(2)17(3)27-20)23-14-19(26-12-8-9-13-26)18-10-6-5-7-11-18;/h5-7,10-11,19H,4,8-9,12-15H2,1-3H3,(H2,22,23,24);1H. The number of rotatable bonds is 7. The lowest BCUT2D eigenvalue weighted by atomic mass is 10.1. The first-order valence-electron chi connectivity index (χ1n) is 9.91. The van der Waals surface area contributed by atoms with Gasteiger partial charge in [-0.3, -0.25) is 4.90 Å². The summed E-state index contributed by atoms with van der Waals surface area (Å²) in [5, 5.41) is 8.00. The minimum Gasteiger partial charge on any atom is -0.357 e. The molecule has 0 aliphatic carbocycles. The van der Waals surface area contributed by atoms with E-state index in [0.717, 1.165) is 29.8 Å². The predicted octanol–water partition coefficient (Wildman–Crippen LogP) is 4.27. The van der Waals surface area contributed by atoms with Crippen LogP contribution in [0.2, 0.25) is 0 Å². The molecule has 1 aliphatic heterocycles. The molecule has 1 saturated heterocycles. The van der Waals surface area contributed by atoms with Gasteiger partial charge in [-0.15, -0.1) is 35.3 Å². The van der Waals surface area contributed by atoms with Crippen molar-refractivity contribution in [2.45, 2.75) is 46.2 Å². The smallest absolute Gasteiger partial charge is 0.191 e. The molecule has 1 aromatic heterocycles. The zero-order chi connectivity index (χ0) is 19.1. The number of halogens is 1. The summed E-state index contributed by atoms with van der Waals surface area (Å²) in [5.41, 5.74) is 2.48. The maximum absolute atomic E-state index is 4.75. The lowest BCUT2D eigenvalue weighted by Crippen LogP contribution is -2.42. The number of benzene rings is 1. The summed E-state index contributed by atoms with van der Waals surface area (Å²) in [6.45, 7) is 10.9. The molecule has 2 heterocycles. The fourth-order valence-corrected chi connectivity index (χ4v) is 4.33. The number of likely N-dealkylation sites (tertiary alicyclic amines) is 1. The topological polar surface area (TPSA) is 52.6 Å². The summed E-state index contributed by atoms with van der Waals surface area (Å²) in [4.78, 5) is 13.2. The molecular formula is C21H32IN5S. The Morgan fingerprint density at radius 3 is 2.50 bits per heavy atom. The van der Waals surface area contributed by atoms with E-state index in [-0.39, 0.29) is 24.0 Å². The maximum atomic E-state index is 4.75. The highest BCUT2D eigenvalue weighted by molar-refractivity contribution is 14.0. The van der Waals surface area contributed by atoms with E-state index in [4.69, 9.17) is 4.99 Å². The average molecular weight is 513 g/mol. The fraction of sp³-hybridized carbons (Fsp3) is 0.524. The zero-order valence-corrected chi connectivity index (χ0v) is 20.2. The Morgan fingerprint density at radius 1 is 1.18 bits per heavy atom. The van der Waals surface area contributed by atoms with E-state index in [1.165, 1.54) is 36.4 Å². The van der Waals surface area contributed by atoms with Crippen LogP contribution in [-0.4, -0.2) is 42.0 Å². The SMILES string of the molecule is CCNC(=NCc1nc(C)c(C)s1)NCC(c1ccccc1)N1CCCC1.I. The lowest BCUT2D eigenvalue weighted by molar-refractivity contribution is 0.245. The van der Waals surface area contributed by atoms with Crippen LogP contribution in [0.1, 0.15) is 46.9 Å². The molecule has 0 bridgehead atoms. The molecule has 1 unspecified atom stereocenters. The van der Waals surface area contributed by atoms with Gasteiger partial charge in [0.2, 0.25) is 0 Å². The summed E-state index contributed by atoms with van der Waals surface area (Å²) in [6.07, 6.45) is 2.58. The van der Waals surface area contributed by atoms with Crippen molar-refractivity contribution >= 4 is 41.3 Å². The highest BCUT2D eigenvalue weighted by Crippen LogP contribution is 2.24. The van der Waals surface area contributed by atoms with E-state index in [1.807, 2.05) is 0 Å². The number of aliphatic imine (C=N–C) groups is 1. The minimum absolute atomic E-state index is 0. The monoisotopic (exact) mass is 513 g/mol. The summed E-state index contributed by atoms with van der Waals surface area (Å²) >= 11 is 1.73. The number of nitrogens with one attached hydrogen (secondary N) is 2. The first kappa shape index (κ1) is 23.1. The summed E-state index contributed by atoms with van der Waals surface area (Å²) in [5.74, 6) is 0.864. The summed E-state index contributed by atoms with van der Waals surface area (Å²) in [7, 11) is 0. The van der Waals surface area contributed by atoms with E-state index in [0.29, 0.717) is 12.6 Å². The highest BCUT2D eigenvalue weighted by Gasteiger charge is 2.23. The van der Waals surface area contributed by atoms with Gasteiger partial charge in [-0.2, -0.15) is 0 Å². The molecule has 1 aliphatic rings. The third-order valence-electron chi connectivity index (χ3n) is 5.02. The lowest BCUT2D eigenvalue weighted by Gasteiger charge is -2.29. The van der Waals surface area contributed by atoms with E-state index in [2.05, 4.69) is 71.6 Å². The highest BCUT2D eigenvalue weighted by atomic mass is 127. The van der Waals surface area contributed by atoms with Crippen molar-refractivity contribution in [1.82, 2.24) is 20.5 Å². The molecule has 0 radical (unpaired) electrons. The quantitative estimate of drug-likeness (QED) is 0.330. The van der Waals surface area contributed by atoms with Gasteiger partial charge < -0.3 is 10.6 Å². The van der Waals surface area contributed by atoms with Crippen LogP contribution in [0.5, 0.6) is 0 Å². The molecule has 2 N–H and O–H groups in total. The zero-order valence-electron chi connectivity index (χ0n) is 17.1. The Morgan fingerprint density at radius 2 is 1.89 bits per heavy atom. The van der Waals surface area contributed by atoms with Crippen LogP contribution >= 0.6 is 35.3 Å². The van der Waals surface area contributed by atoms with Gasteiger partial charge in [0, 0.05) is 18.0 Å². The number of thiazole rings is 1. The minimum atomic E-state index is 0.